The van der Waals surface area contributed by atoms with E-state index in [2.05, 4.69) is 20.9 Å². The molecule has 0 aromatic rings. The van der Waals surface area contributed by atoms with Gasteiger partial charge in [-0.15, -0.1) is 0 Å². The molecule has 0 saturated heterocycles. The van der Waals surface area contributed by atoms with Crippen LogP contribution in [0.1, 0.15) is 20.3 Å². The van der Waals surface area contributed by atoms with Crippen LogP contribution < -0.4 is 16.0 Å². The molecule has 1 amide bonds. The summed E-state index contributed by atoms with van der Waals surface area (Å²) in [6.07, 6.45) is 0.485. The van der Waals surface area contributed by atoms with Gasteiger partial charge in [-0.3, -0.25) is 9.79 Å². The van der Waals surface area contributed by atoms with E-state index in [-0.39, 0.29) is 11.9 Å². The monoisotopic (exact) mass is 198 g/mol. The van der Waals surface area contributed by atoms with E-state index in [1.54, 1.807) is 0 Å². The Balaban J connectivity index is 2.05. The van der Waals surface area contributed by atoms with Gasteiger partial charge in [-0.1, -0.05) is 0 Å². The average Bonchev–Trinajstić information content (AvgIpc) is 2.55. The highest BCUT2D eigenvalue weighted by molar-refractivity contribution is 5.82. The molecule has 5 nitrogen and oxygen atoms in total. The van der Waals surface area contributed by atoms with Crippen LogP contribution in [0.2, 0.25) is 0 Å². The first-order chi connectivity index (χ1) is 6.68. The maximum Gasteiger partial charge on any atom is 0.221 e. The molecule has 5 heteroatoms. The number of carbonyl (C=O) groups excluding carboxylic acids is 1. The van der Waals surface area contributed by atoms with E-state index >= 15 is 0 Å². The van der Waals surface area contributed by atoms with Gasteiger partial charge in [0, 0.05) is 25.6 Å². The van der Waals surface area contributed by atoms with Gasteiger partial charge in [-0.2, -0.15) is 0 Å². The Morgan fingerprint density at radius 3 is 3.00 bits per heavy atom. The number of nitrogens with zero attached hydrogens (tertiary/aromatic N) is 1. The molecule has 0 aromatic carbocycles. The molecule has 0 saturated carbocycles. The molecule has 0 aliphatic carbocycles. The molecule has 0 fully saturated rings. The molecule has 1 aliphatic rings. The summed E-state index contributed by atoms with van der Waals surface area (Å²) >= 11 is 0. The van der Waals surface area contributed by atoms with Crippen LogP contribution in [-0.4, -0.2) is 37.5 Å². The third kappa shape index (κ3) is 4.11. The third-order valence-corrected chi connectivity index (χ3v) is 1.77. The van der Waals surface area contributed by atoms with Crippen molar-refractivity contribution in [1.29, 1.82) is 0 Å². The second-order valence-corrected chi connectivity index (χ2v) is 3.56. The van der Waals surface area contributed by atoms with Crippen LogP contribution in [-0.2, 0) is 4.79 Å². The van der Waals surface area contributed by atoms with Crippen molar-refractivity contribution in [3.8, 4) is 0 Å². The number of amides is 1. The summed E-state index contributed by atoms with van der Waals surface area (Å²) in [7, 11) is 0. The van der Waals surface area contributed by atoms with Crippen LogP contribution in [0.3, 0.4) is 0 Å². The molecule has 0 bridgehead atoms. The van der Waals surface area contributed by atoms with Crippen molar-refractivity contribution in [2.75, 3.05) is 19.6 Å². The smallest absolute Gasteiger partial charge is 0.221 e. The van der Waals surface area contributed by atoms with Gasteiger partial charge < -0.3 is 16.0 Å². The molecule has 0 spiro atoms. The van der Waals surface area contributed by atoms with Crippen LogP contribution >= 0.6 is 0 Å². The summed E-state index contributed by atoms with van der Waals surface area (Å²) < 4.78 is 0. The zero-order valence-corrected chi connectivity index (χ0v) is 8.76. The lowest BCUT2D eigenvalue weighted by molar-refractivity contribution is -0.121. The molecule has 0 unspecified atom stereocenters. The Labute approximate surface area is 84.4 Å². The number of aliphatic imine (C=N–C) groups is 1. The Morgan fingerprint density at radius 2 is 2.43 bits per heavy atom. The molecule has 14 heavy (non-hydrogen) atoms. The van der Waals surface area contributed by atoms with Crippen LogP contribution in [0.4, 0.5) is 0 Å². The van der Waals surface area contributed by atoms with E-state index in [4.69, 9.17) is 0 Å². The van der Waals surface area contributed by atoms with Gasteiger partial charge in [-0.25, -0.2) is 0 Å². The summed E-state index contributed by atoms with van der Waals surface area (Å²) in [5, 5.41) is 8.97. The van der Waals surface area contributed by atoms with Crippen molar-refractivity contribution < 1.29 is 4.79 Å². The first-order valence-corrected chi connectivity index (χ1v) is 5.00. The predicted molar refractivity (Wildman–Crippen MR) is 56.2 cm³/mol. The first-order valence-electron chi connectivity index (χ1n) is 5.00. The third-order valence-electron chi connectivity index (χ3n) is 1.77. The fourth-order valence-corrected chi connectivity index (χ4v) is 1.20. The number of hydrogen-bond acceptors (Lipinski definition) is 4. The zero-order valence-electron chi connectivity index (χ0n) is 8.76. The van der Waals surface area contributed by atoms with E-state index in [1.165, 1.54) is 0 Å². The minimum Gasteiger partial charge on any atom is -0.356 e. The normalized spacial score (nSPS) is 14.9. The number of nitrogens with one attached hydrogen (secondary N) is 3. The van der Waals surface area contributed by atoms with Gasteiger partial charge >= 0.3 is 0 Å². The SMILES string of the molecule is CC(C)NC(=O)CCNC1=NCCN1. The lowest BCUT2D eigenvalue weighted by Crippen LogP contribution is -2.37. The van der Waals surface area contributed by atoms with Gasteiger partial charge in [0.2, 0.25) is 5.91 Å². The van der Waals surface area contributed by atoms with Crippen molar-refractivity contribution in [3.63, 3.8) is 0 Å². The first kappa shape index (κ1) is 10.8. The lowest BCUT2D eigenvalue weighted by Gasteiger charge is -2.09. The molecular weight excluding hydrogens is 180 g/mol. The highest BCUT2D eigenvalue weighted by Crippen LogP contribution is 1.84. The zero-order chi connectivity index (χ0) is 10.4. The summed E-state index contributed by atoms with van der Waals surface area (Å²) in [5.74, 6) is 0.883. The molecule has 0 radical (unpaired) electrons. The number of carbonyl (C=O) groups is 1. The number of rotatable bonds is 4. The van der Waals surface area contributed by atoms with Crippen LogP contribution in [0.5, 0.6) is 0 Å². The molecule has 80 valence electrons. The van der Waals surface area contributed by atoms with Gasteiger partial charge in [0.05, 0.1) is 6.54 Å². The molecule has 0 atom stereocenters. The summed E-state index contributed by atoms with van der Waals surface area (Å²) in [4.78, 5) is 15.4. The van der Waals surface area contributed by atoms with Crippen LogP contribution in [0.25, 0.3) is 0 Å². The van der Waals surface area contributed by atoms with Crippen molar-refractivity contribution in [1.82, 2.24) is 16.0 Å². The van der Waals surface area contributed by atoms with Gasteiger partial charge in [-0.05, 0) is 13.8 Å². The number of hydrogen-bond donors (Lipinski definition) is 3. The van der Waals surface area contributed by atoms with Gasteiger partial charge in [0.1, 0.15) is 0 Å². The topological polar surface area (TPSA) is 65.5 Å². The Morgan fingerprint density at radius 1 is 1.64 bits per heavy atom. The molecule has 1 rings (SSSR count). The molecule has 3 N–H and O–H groups in total. The standard InChI is InChI=1S/C9H18N4O/c1-7(2)13-8(14)3-4-10-9-11-5-6-12-9/h7H,3-6H2,1-2H3,(H,13,14)(H2,10,11,12). The molecule has 1 aliphatic heterocycles. The fourth-order valence-electron chi connectivity index (χ4n) is 1.20. The second-order valence-electron chi connectivity index (χ2n) is 3.56. The van der Waals surface area contributed by atoms with Crippen molar-refractivity contribution >= 4 is 11.9 Å². The lowest BCUT2D eigenvalue weighted by atomic mass is 10.3. The molecule has 0 aromatic heterocycles. The fraction of sp³-hybridized carbons (Fsp3) is 0.778. The number of guanidine groups is 1. The van der Waals surface area contributed by atoms with Crippen molar-refractivity contribution in [2.24, 2.45) is 4.99 Å². The largest absolute Gasteiger partial charge is 0.356 e. The van der Waals surface area contributed by atoms with E-state index in [0.717, 1.165) is 19.0 Å². The molecular formula is C9H18N4O. The van der Waals surface area contributed by atoms with Gasteiger partial charge in [0.25, 0.3) is 0 Å². The minimum absolute atomic E-state index is 0.0751. The van der Waals surface area contributed by atoms with Crippen molar-refractivity contribution in [3.05, 3.63) is 0 Å². The molecule has 1 heterocycles. The summed E-state index contributed by atoms with van der Waals surface area (Å²) in [5.41, 5.74) is 0. The Bertz CT molecular complexity index is 225. The quantitative estimate of drug-likeness (QED) is 0.568. The summed E-state index contributed by atoms with van der Waals surface area (Å²) in [6.45, 7) is 6.24. The average molecular weight is 198 g/mol. The van der Waals surface area contributed by atoms with E-state index in [0.29, 0.717) is 13.0 Å². The summed E-state index contributed by atoms with van der Waals surface area (Å²) in [6, 6.07) is 0.212. The predicted octanol–water partition coefficient (Wildman–Crippen LogP) is -0.550. The maximum absolute atomic E-state index is 11.2. The minimum atomic E-state index is 0.0751. The van der Waals surface area contributed by atoms with Gasteiger partial charge in [0.15, 0.2) is 5.96 Å². The van der Waals surface area contributed by atoms with E-state index in [1.807, 2.05) is 13.8 Å². The highest BCUT2D eigenvalue weighted by Gasteiger charge is 2.05. The van der Waals surface area contributed by atoms with Crippen LogP contribution in [0, 0.1) is 0 Å². The van der Waals surface area contributed by atoms with E-state index < -0.39 is 0 Å². The second kappa shape index (κ2) is 5.47. The Kier molecular flexibility index (Phi) is 4.22. The van der Waals surface area contributed by atoms with E-state index in [9.17, 15) is 4.79 Å². The highest BCUT2D eigenvalue weighted by atomic mass is 16.1. The Hall–Kier alpha value is -1.26. The van der Waals surface area contributed by atoms with Crippen molar-refractivity contribution in [2.45, 2.75) is 26.3 Å². The maximum atomic E-state index is 11.2. The van der Waals surface area contributed by atoms with Crippen LogP contribution in [0.15, 0.2) is 4.99 Å².